The Balaban J connectivity index is 1.47. The second-order valence-electron chi connectivity index (χ2n) is 7.87. The van der Waals surface area contributed by atoms with Crippen LogP contribution < -0.4 is 0 Å². The van der Waals surface area contributed by atoms with Crippen LogP contribution in [0.5, 0.6) is 0 Å². The third-order valence-corrected chi connectivity index (χ3v) is 6.07. The van der Waals surface area contributed by atoms with Gasteiger partial charge in [-0.05, 0) is 30.4 Å². The fraction of sp³-hybridized carbons (Fsp3) is 0.476. The maximum atomic E-state index is 13.3. The number of hydrogen-bond acceptors (Lipinski definition) is 3. The maximum Gasteiger partial charge on any atom is 0.416 e. The Morgan fingerprint density at radius 2 is 1.80 bits per heavy atom. The Bertz CT molecular complexity index is 961. The average molecular weight is 420 g/mol. The summed E-state index contributed by atoms with van der Waals surface area (Å²) in [7, 11) is 0. The number of halogens is 3. The predicted octanol–water partition coefficient (Wildman–Crippen LogP) is 3.35. The van der Waals surface area contributed by atoms with Crippen LogP contribution in [-0.4, -0.2) is 51.4 Å². The van der Waals surface area contributed by atoms with Gasteiger partial charge in [-0.15, -0.1) is 0 Å². The number of amides is 2. The van der Waals surface area contributed by atoms with Gasteiger partial charge < -0.3 is 9.80 Å². The molecule has 2 aliphatic rings. The molecular weight excluding hydrogens is 397 g/mol. The number of benzene rings is 1. The van der Waals surface area contributed by atoms with Crippen LogP contribution in [0.4, 0.5) is 13.2 Å². The third kappa shape index (κ3) is 3.80. The van der Waals surface area contributed by atoms with Gasteiger partial charge >= 0.3 is 6.18 Å². The van der Waals surface area contributed by atoms with Crippen LogP contribution in [0.2, 0.25) is 0 Å². The predicted molar refractivity (Wildman–Crippen MR) is 103 cm³/mol. The number of nitrogens with one attached hydrogen (secondary N) is 1. The van der Waals surface area contributed by atoms with Gasteiger partial charge in [-0.2, -0.15) is 18.3 Å². The largest absolute Gasteiger partial charge is 0.416 e. The Morgan fingerprint density at radius 3 is 2.47 bits per heavy atom. The molecule has 160 valence electrons. The number of piperidine rings is 1. The van der Waals surface area contributed by atoms with Crippen molar-refractivity contribution in [2.45, 2.75) is 44.8 Å². The van der Waals surface area contributed by atoms with Crippen LogP contribution in [0.1, 0.15) is 58.6 Å². The Hall–Kier alpha value is -2.84. The first-order chi connectivity index (χ1) is 14.3. The summed E-state index contributed by atoms with van der Waals surface area (Å²) in [6, 6.07) is 5.67. The molecule has 0 saturated carbocycles. The summed E-state index contributed by atoms with van der Waals surface area (Å²) in [5, 5.41) is 7.09. The zero-order chi connectivity index (χ0) is 21.5. The first-order valence-corrected chi connectivity index (χ1v) is 10.0. The molecule has 3 heterocycles. The molecule has 2 aromatic rings. The molecule has 0 radical (unpaired) electrons. The molecule has 1 aromatic carbocycles. The number of fused-ring (bicyclic) bond motifs is 1. The molecule has 0 spiro atoms. The van der Waals surface area contributed by atoms with E-state index >= 15 is 0 Å². The molecule has 0 atom stereocenters. The number of aromatic amines is 1. The molecular formula is C21H23F3N4O2. The van der Waals surface area contributed by atoms with Crippen LogP contribution in [0, 0.1) is 0 Å². The molecule has 2 aliphatic heterocycles. The minimum Gasteiger partial charge on any atom is -0.338 e. The summed E-state index contributed by atoms with van der Waals surface area (Å²) in [6.07, 6.45) is -2.85. The van der Waals surface area contributed by atoms with Crippen molar-refractivity contribution in [2.24, 2.45) is 0 Å². The van der Waals surface area contributed by atoms with E-state index in [9.17, 15) is 22.8 Å². The smallest absolute Gasteiger partial charge is 0.338 e. The number of aromatic nitrogens is 2. The molecule has 1 saturated heterocycles. The molecule has 9 heteroatoms. The van der Waals surface area contributed by atoms with E-state index in [0.717, 1.165) is 17.3 Å². The fourth-order valence-electron chi connectivity index (χ4n) is 4.40. The topological polar surface area (TPSA) is 69.3 Å². The van der Waals surface area contributed by atoms with Crippen LogP contribution in [0.3, 0.4) is 0 Å². The van der Waals surface area contributed by atoms with E-state index in [-0.39, 0.29) is 17.7 Å². The van der Waals surface area contributed by atoms with E-state index in [1.807, 2.05) is 0 Å². The van der Waals surface area contributed by atoms with E-state index in [4.69, 9.17) is 0 Å². The number of carbonyl (C=O) groups excluding carboxylic acids is 2. The molecule has 1 fully saturated rings. The summed E-state index contributed by atoms with van der Waals surface area (Å²) >= 11 is 0. The molecule has 1 aromatic heterocycles. The lowest BCUT2D eigenvalue weighted by Crippen LogP contribution is -2.40. The lowest BCUT2D eigenvalue weighted by atomic mass is 9.86. The second-order valence-corrected chi connectivity index (χ2v) is 7.87. The number of hydrogen-bond donors (Lipinski definition) is 1. The molecule has 2 amide bonds. The van der Waals surface area contributed by atoms with E-state index in [1.165, 1.54) is 19.1 Å². The summed E-state index contributed by atoms with van der Waals surface area (Å²) in [6.45, 7) is 3.16. The number of nitrogens with zero attached hydrogens (tertiary/aromatic N) is 3. The highest BCUT2D eigenvalue weighted by Gasteiger charge is 2.37. The minimum absolute atomic E-state index is 0.0515. The van der Waals surface area contributed by atoms with Crippen molar-refractivity contribution in [1.29, 1.82) is 0 Å². The number of alkyl halides is 3. The fourth-order valence-corrected chi connectivity index (χ4v) is 4.40. The molecule has 0 bridgehead atoms. The first-order valence-electron chi connectivity index (χ1n) is 10.0. The molecule has 30 heavy (non-hydrogen) atoms. The van der Waals surface area contributed by atoms with Crippen molar-refractivity contribution in [3.8, 4) is 0 Å². The summed E-state index contributed by atoms with van der Waals surface area (Å²) in [5.74, 6) is -0.530. The van der Waals surface area contributed by atoms with Gasteiger partial charge in [0, 0.05) is 50.8 Å². The Labute approximate surface area is 172 Å². The van der Waals surface area contributed by atoms with Crippen LogP contribution in [-0.2, 0) is 23.9 Å². The van der Waals surface area contributed by atoms with Gasteiger partial charge in [-0.1, -0.05) is 18.2 Å². The summed E-state index contributed by atoms with van der Waals surface area (Å²) in [5.41, 5.74) is 1.62. The van der Waals surface area contributed by atoms with E-state index in [1.54, 1.807) is 15.9 Å². The van der Waals surface area contributed by atoms with Gasteiger partial charge in [0.1, 0.15) is 0 Å². The van der Waals surface area contributed by atoms with Gasteiger partial charge in [0.05, 0.1) is 5.56 Å². The molecule has 6 nitrogen and oxygen atoms in total. The molecule has 0 aliphatic carbocycles. The Morgan fingerprint density at radius 1 is 1.10 bits per heavy atom. The molecule has 0 unspecified atom stereocenters. The lowest BCUT2D eigenvalue weighted by molar-refractivity contribution is -0.138. The number of H-pyrrole nitrogens is 1. The summed E-state index contributed by atoms with van der Waals surface area (Å²) < 4.78 is 40.0. The van der Waals surface area contributed by atoms with Crippen LogP contribution >= 0.6 is 0 Å². The second kappa shape index (κ2) is 7.77. The van der Waals surface area contributed by atoms with Crippen LogP contribution in [0.15, 0.2) is 24.3 Å². The van der Waals surface area contributed by atoms with Gasteiger partial charge in [0.15, 0.2) is 5.69 Å². The lowest BCUT2D eigenvalue weighted by Gasteiger charge is -2.33. The third-order valence-electron chi connectivity index (χ3n) is 6.07. The molecule has 1 N–H and O–H groups in total. The van der Waals surface area contributed by atoms with Crippen molar-refractivity contribution < 1.29 is 22.8 Å². The average Bonchev–Trinajstić information content (AvgIpc) is 3.16. The minimum atomic E-state index is -4.39. The van der Waals surface area contributed by atoms with Crippen molar-refractivity contribution >= 4 is 11.8 Å². The van der Waals surface area contributed by atoms with Crippen molar-refractivity contribution in [3.05, 3.63) is 52.3 Å². The van der Waals surface area contributed by atoms with E-state index in [2.05, 4.69) is 10.2 Å². The number of carbonyl (C=O) groups is 2. The first kappa shape index (κ1) is 20.4. The number of likely N-dealkylation sites (tertiary alicyclic amines) is 1. The van der Waals surface area contributed by atoms with Crippen LogP contribution in [0.25, 0.3) is 0 Å². The highest BCUT2D eigenvalue weighted by Crippen LogP contribution is 2.38. The monoisotopic (exact) mass is 420 g/mol. The quantitative estimate of drug-likeness (QED) is 0.810. The van der Waals surface area contributed by atoms with Gasteiger partial charge in [0.25, 0.3) is 5.91 Å². The zero-order valence-corrected chi connectivity index (χ0v) is 16.6. The SMILES string of the molecule is CC(=O)N1CCc2[nH]nc(C(=O)N3CCC(c4ccccc4C(F)(F)F)CC3)c2C1. The van der Waals surface area contributed by atoms with Gasteiger partial charge in [-0.3, -0.25) is 14.7 Å². The summed E-state index contributed by atoms with van der Waals surface area (Å²) in [4.78, 5) is 28.1. The normalized spacial score (nSPS) is 17.7. The maximum absolute atomic E-state index is 13.3. The standard InChI is InChI=1S/C21H23F3N4O2/c1-13(29)28-11-8-18-16(12-28)19(26-25-18)20(30)27-9-6-14(7-10-27)15-4-2-3-5-17(15)21(22,23)24/h2-5,14H,6-12H2,1H3,(H,25,26). The number of rotatable bonds is 2. The van der Waals surface area contributed by atoms with E-state index < -0.39 is 11.7 Å². The van der Waals surface area contributed by atoms with Gasteiger partial charge in [-0.25, -0.2) is 0 Å². The highest BCUT2D eigenvalue weighted by molar-refractivity contribution is 5.94. The zero-order valence-electron chi connectivity index (χ0n) is 16.6. The van der Waals surface area contributed by atoms with Gasteiger partial charge in [0.2, 0.25) is 5.91 Å². The molecule has 4 rings (SSSR count). The van der Waals surface area contributed by atoms with Crippen molar-refractivity contribution in [3.63, 3.8) is 0 Å². The highest BCUT2D eigenvalue weighted by atomic mass is 19.4. The Kier molecular flexibility index (Phi) is 5.29. The van der Waals surface area contributed by atoms with Crippen molar-refractivity contribution in [2.75, 3.05) is 19.6 Å². The van der Waals surface area contributed by atoms with Crippen molar-refractivity contribution in [1.82, 2.24) is 20.0 Å². The van der Waals surface area contributed by atoms with E-state index in [0.29, 0.717) is 56.7 Å².